The van der Waals surface area contributed by atoms with Gasteiger partial charge in [0.1, 0.15) is 5.78 Å². The molecule has 0 amide bonds. The Bertz CT molecular complexity index is 600. The van der Waals surface area contributed by atoms with Gasteiger partial charge in [-0.1, -0.05) is 22.0 Å². The molecule has 0 aliphatic carbocycles. The molecule has 84 valence electrons. The van der Waals surface area contributed by atoms with E-state index in [1.165, 1.54) is 6.92 Å². The Kier molecular flexibility index (Phi) is 2.75. The number of hydrogen-bond acceptors (Lipinski definition) is 3. The average molecular weight is 301 g/mol. The number of sulfone groups is 1. The Balaban J connectivity index is 2.56. The minimum atomic E-state index is -3.45. The molecule has 0 saturated heterocycles. The van der Waals surface area contributed by atoms with Crippen molar-refractivity contribution in [1.29, 1.82) is 0 Å². The highest BCUT2D eigenvalue weighted by Gasteiger charge is 2.30. The predicted octanol–water partition coefficient (Wildman–Crippen LogP) is 2.56. The van der Waals surface area contributed by atoms with Crippen molar-refractivity contribution in [3.05, 3.63) is 33.1 Å². The second-order valence-corrected chi connectivity index (χ2v) is 6.56. The van der Waals surface area contributed by atoms with Crippen LogP contribution in [0.5, 0.6) is 0 Å². The van der Waals surface area contributed by atoms with Gasteiger partial charge in [0.25, 0.3) is 0 Å². The number of carbonyl (C=O) groups is 1. The Morgan fingerprint density at radius 2 is 2.06 bits per heavy atom. The molecule has 0 atom stereocenters. The fourth-order valence-electron chi connectivity index (χ4n) is 1.64. The Labute approximate surface area is 102 Å². The fourth-order valence-corrected chi connectivity index (χ4v) is 3.83. The van der Waals surface area contributed by atoms with Gasteiger partial charge in [-0.3, -0.25) is 4.79 Å². The Morgan fingerprint density at radius 3 is 2.69 bits per heavy atom. The number of Topliss-reactive ketones (excluding diaryl/α,β-unsaturated/α-hetero) is 1. The second kappa shape index (κ2) is 3.82. The summed E-state index contributed by atoms with van der Waals surface area (Å²) in [5.41, 5.74) is 0.652. The normalized spacial score (nSPS) is 16.8. The second-order valence-electron chi connectivity index (χ2n) is 3.68. The zero-order valence-electron chi connectivity index (χ0n) is 8.53. The molecule has 0 unspecified atom stereocenters. The quantitative estimate of drug-likeness (QED) is 0.843. The lowest BCUT2D eigenvalue weighted by molar-refractivity contribution is -0.116. The van der Waals surface area contributed by atoms with Crippen LogP contribution in [-0.2, 0) is 14.6 Å². The summed E-state index contributed by atoms with van der Waals surface area (Å²) in [5.74, 6) is -0.151. The molecule has 1 heterocycles. The number of hydrogen-bond donors (Lipinski definition) is 0. The lowest BCUT2D eigenvalue weighted by atomic mass is 10.2. The van der Waals surface area contributed by atoms with E-state index in [4.69, 9.17) is 0 Å². The van der Waals surface area contributed by atoms with E-state index in [0.717, 1.165) is 0 Å². The summed E-state index contributed by atoms with van der Waals surface area (Å²) in [6.07, 6.45) is 1.53. The highest BCUT2D eigenvalue weighted by molar-refractivity contribution is 9.10. The summed E-state index contributed by atoms with van der Waals surface area (Å²) in [7, 11) is -3.45. The number of halogens is 1. The van der Waals surface area contributed by atoms with E-state index in [1.54, 1.807) is 24.3 Å². The number of carbonyl (C=O) groups excluding carboxylic acids is 1. The van der Waals surface area contributed by atoms with E-state index in [0.29, 0.717) is 10.0 Å². The lowest BCUT2D eigenvalue weighted by Gasteiger charge is -2.01. The molecule has 0 bridgehead atoms. The molecule has 0 fully saturated rings. The van der Waals surface area contributed by atoms with Crippen LogP contribution in [0, 0.1) is 0 Å². The van der Waals surface area contributed by atoms with Crippen LogP contribution in [0.2, 0.25) is 0 Å². The third-order valence-corrected chi connectivity index (χ3v) is 4.73. The number of ketones is 1. The van der Waals surface area contributed by atoms with Gasteiger partial charge in [-0.25, -0.2) is 8.42 Å². The Morgan fingerprint density at radius 1 is 1.38 bits per heavy atom. The van der Waals surface area contributed by atoms with E-state index < -0.39 is 9.84 Å². The van der Waals surface area contributed by atoms with E-state index in [9.17, 15) is 13.2 Å². The zero-order chi connectivity index (χ0) is 11.9. The third-order valence-electron chi connectivity index (χ3n) is 2.35. The lowest BCUT2D eigenvalue weighted by Crippen LogP contribution is -2.04. The van der Waals surface area contributed by atoms with Gasteiger partial charge >= 0.3 is 0 Å². The highest BCUT2D eigenvalue weighted by Crippen LogP contribution is 2.35. The van der Waals surface area contributed by atoms with Crippen LogP contribution in [-0.4, -0.2) is 14.2 Å². The van der Waals surface area contributed by atoms with Crippen molar-refractivity contribution in [2.45, 2.75) is 18.2 Å². The molecule has 1 aromatic rings. The van der Waals surface area contributed by atoms with E-state index in [1.807, 2.05) is 0 Å². The number of rotatable bonds is 2. The molecule has 16 heavy (non-hydrogen) atoms. The molecule has 0 saturated carbocycles. The summed E-state index contributed by atoms with van der Waals surface area (Å²) in [5, 5.41) is 0. The van der Waals surface area contributed by atoms with Crippen molar-refractivity contribution in [3.8, 4) is 0 Å². The van der Waals surface area contributed by atoms with Crippen LogP contribution in [0.25, 0.3) is 6.08 Å². The van der Waals surface area contributed by atoms with Gasteiger partial charge in [0, 0.05) is 10.9 Å². The molecule has 1 aromatic carbocycles. The molecule has 1 aliphatic rings. The van der Waals surface area contributed by atoms with E-state index in [2.05, 4.69) is 15.9 Å². The number of fused-ring (bicyclic) bond motifs is 1. The van der Waals surface area contributed by atoms with Crippen LogP contribution in [0.15, 0.2) is 32.5 Å². The van der Waals surface area contributed by atoms with Gasteiger partial charge in [-0.15, -0.1) is 0 Å². The smallest absolute Gasteiger partial charge is 0.203 e. The summed E-state index contributed by atoms with van der Waals surface area (Å²) < 4.78 is 24.8. The van der Waals surface area contributed by atoms with Crippen molar-refractivity contribution in [2.75, 3.05) is 0 Å². The summed E-state index contributed by atoms with van der Waals surface area (Å²) in [4.78, 5) is 11.5. The molecule has 3 nitrogen and oxygen atoms in total. The first-order valence-corrected chi connectivity index (χ1v) is 6.93. The average Bonchev–Trinajstić information content (AvgIpc) is 2.40. The molecular weight excluding hydrogens is 292 g/mol. The topological polar surface area (TPSA) is 51.2 Å². The fraction of sp³-hybridized carbons (Fsp3) is 0.182. The SMILES string of the molecule is CC(=O)CC1=Cc2ccc(Br)cc2S1(=O)=O. The maximum absolute atomic E-state index is 12.0. The van der Waals surface area contributed by atoms with Crippen molar-refractivity contribution in [3.63, 3.8) is 0 Å². The standard InChI is InChI=1S/C11H9BrO3S/c1-7(13)4-10-5-8-2-3-9(12)6-11(8)16(10,14)15/h2-3,5-6H,4H2,1H3. The summed E-state index contributed by atoms with van der Waals surface area (Å²) >= 11 is 3.23. The molecule has 0 aromatic heterocycles. The van der Waals surface area contributed by atoms with Crippen molar-refractivity contribution in [2.24, 2.45) is 0 Å². The van der Waals surface area contributed by atoms with Gasteiger partial charge < -0.3 is 0 Å². The number of allylic oxidation sites excluding steroid dienone is 1. The minimum absolute atomic E-state index is 0.0331. The maximum Gasteiger partial charge on any atom is 0.203 e. The van der Waals surface area contributed by atoms with Crippen LogP contribution in [0.1, 0.15) is 18.9 Å². The molecule has 5 heteroatoms. The monoisotopic (exact) mass is 300 g/mol. The first-order valence-electron chi connectivity index (χ1n) is 4.66. The van der Waals surface area contributed by atoms with Crippen LogP contribution in [0.3, 0.4) is 0 Å². The van der Waals surface area contributed by atoms with Gasteiger partial charge in [0.15, 0.2) is 0 Å². The van der Waals surface area contributed by atoms with E-state index >= 15 is 0 Å². The molecular formula is C11H9BrO3S. The van der Waals surface area contributed by atoms with Gasteiger partial charge in [0.05, 0.1) is 9.80 Å². The predicted molar refractivity (Wildman–Crippen MR) is 64.6 cm³/mol. The molecule has 0 radical (unpaired) electrons. The highest BCUT2D eigenvalue weighted by atomic mass is 79.9. The van der Waals surface area contributed by atoms with Crippen LogP contribution >= 0.6 is 15.9 Å². The first-order chi connectivity index (χ1) is 7.41. The number of benzene rings is 1. The minimum Gasteiger partial charge on any atom is -0.300 e. The molecule has 1 aliphatic heterocycles. The largest absolute Gasteiger partial charge is 0.300 e. The first kappa shape index (κ1) is 11.5. The van der Waals surface area contributed by atoms with Crippen molar-refractivity contribution >= 4 is 37.6 Å². The van der Waals surface area contributed by atoms with Gasteiger partial charge in [-0.2, -0.15) is 0 Å². The van der Waals surface area contributed by atoms with Gasteiger partial charge in [-0.05, 0) is 30.7 Å². The van der Waals surface area contributed by atoms with Crippen molar-refractivity contribution < 1.29 is 13.2 Å². The molecule has 0 spiro atoms. The maximum atomic E-state index is 12.0. The van der Waals surface area contributed by atoms with Crippen LogP contribution < -0.4 is 0 Å². The van der Waals surface area contributed by atoms with Crippen molar-refractivity contribution in [1.82, 2.24) is 0 Å². The zero-order valence-corrected chi connectivity index (χ0v) is 10.9. The molecule has 0 N–H and O–H groups in total. The third kappa shape index (κ3) is 1.85. The Hall–Kier alpha value is -0.940. The molecule has 2 rings (SSSR count). The van der Waals surface area contributed by atoms with Gasteiger partial charge in [0.2, 0.25) is 9.84 Å². The van der Waals surface area contributed by atoms with Crippen LogP contribution in [0.4, 0.5) is 0 Å². The summed E-state index contributed by atoms with van der Waals surface area (Å²) in [6, 6.07) is 5.07. The summed E-state index contributed by atoms with van der Waals surface area (Å²) in [6.45, 7) is 1.38. The van der Waals surface area contributed by atoms with E-state index in [-0.39, 0.29) is 22.0 Å².